The Hall–Kier alpha value is -1.75. The fourth-order valence-corrected chi connectivity index (χ4v) is 2.81. The van der Waals surface area contributed by atoms with Crippen LogP contribution in [0.1, 0.15) is 26.2 Å². The maximum Gasteiger partial charge on any atom is 0.226 e. The van der Waals surface area contributed by atoms with Crippen molar-refractivity contribution < 1.29 is 14.3 Å². The molecule has 1 aliphatic heterocycles. The molecule has 0 unspecified atom stereocenters. The molecule has 1 saturated heterocycles. The van der Waals surface area contributed by atoms with E-state index in [1.165, 1.54) is 0 Å². The Morgan fingerprint density at radius 2 is 2.14 bits per heavy atom. The fraction of sp³-hybridized carbons (Fsp3) is 0.588. The van der Waals surface area contributed by atoms with Crippen LogP contribution in [0.4, 0.5) is 0 Å². The molecule has 0 aromatic heterocycles. The molecule has 0 spiro atoms. The molecule has 0 radical (unpaired) electrons. The standard InChI is InChI=1S/C17H26N2O3/c1-13(18)14-6-5-10-19(12-14)17(20)9-11-22-16-8-4-3-7-15(16)21-2/h3-4,7-8,13-14H,5-6,9-12,18H2,1-2H3/t13-,14-/m0/s1. The zero-order chi connectivity index (χ0) is 15.9. The summed E-state index contributed by atoms with van der Waals surface area (Å²) in [6, 6.07) is 7.60. The Kier molecular flexibility index (Phi) is 6.07. The van der Waals surface area contributed by atoms with E-state index in [0.717, 1.165) is 25.9 Å². The van der Waals surface area contributed by atoms with Crippen molar-refractivity contribution in [3.8, 4) is 11.5 Å². The summed E-state index contributed by atoms with van der Waals surface area (Å²) in [6.07, 6.45) is 2.52. The van der Waals surface area contributed by atoms with E-state index in [4.69, 9.17) is 15.2 Å². The van der Waals surface area contributed by atoms with Gasteiger partial charge in [0.05, 0.1) is 20.1 Å². The molecule has 22 heavy (non-hydrogen) atoms. The number of carbonyl (C=O) groups excluding carboxylic acids is 1. The molecule has 122 valence electrons. The van der Waals surface area contributed by atoms with Crippen molar-refractivity contribution in [2.24, 2.45) is 11.7 Å². The lowest BCUT2D eigenvalue weighted by Crippen LogP contribution is -2.45. The lowest BCUT2D eigenvalue weighted by atomic mass is 9.92. The Bertz CT molecular complexity index is 491. The van der Waals surface area contributed by atoms with Gasteiger partial charge in [-0.25, -0.2) is 0 Å². The molecule has 2 N–H and O–H groups in total. The molecule has 0 saturated carbocycles. The molecule has 1 amide bonds. The van der Waals surface area contributed by atoms with Crippen LogP contribution >= 0.6 is 0 Å². The number of methoxy groups -OCH3 is 1. The van der Waals surface area contributed by atoms with Crippen LogP contribution in [0.3, 0.4) is 0 Å². The number of benzene rings is 1. The number of carbonyl (C=O) groups is 1. The van der Waals surface area contributed by atoms with E-state index in [-0.39, 0.29) is 11.9 Å². The second kappa shape index (κ2) is 8.03. The van der Waals surface area contributed by atoms with Crippen LogP contribution < -0.4 is 15.2 Å². The van der Waals surface area contributed by atoms with Gasteiger partial charge in [0, 0.05) is 19.1 Å². The summed E-state index contributed by atoms with van der Waals surface area (Å²) in [5, 5.41) is 0. The predicted molar refractivity (Wildman–Crippen MR) is 86.1 cm³/mol. The van der Waals surface area contributed by atoms with Gasteiger partial charge in [0.25, 0.3) is 0 Å². The van der Waals surface area contributed by atoms with Crippen molar-refractivity contribution in [3.05, 3.63) is 24.3 Å². The monoisotopic (exact) mass is 306 g/mol. The van der Waals surface area contributed by atoms with E-state index in [9.17, 15) is 4.79 Å². The number of likely N-dealkylation sites (tertiary alicyclic amines) is 1. The van der Waals surface area contributed by atoms with Crippen molar-refractivity contribution >= 4 is 5.91 Å². The highest BCUT2D eigenvalue weighted by atomic mass is 16.5. The zero-order valence-corrected chi connectivity index (χ0v) is 13.5. The highest BCUT2D eigenvalue weighted by Gasteiger charge is 2.25. The van der Waals surface area contributed by atoms with Gasteiger partial charge in [0.2, 0.25) is 5.91 Å². The third-order valence-corrected chi connectivity index (χ3v) is 4.20. The van der Waals surface area contributed by atoms with Gasteiger partial charge in [-0.05, 0) is 37.8 Å². The molecule has 0 aliphatic carbocycles. The van der Waals surface area contributed by atoms with Crippen molar-refractivity contribution in [2.45, 2.75) is 32.2 Å². The van der Waals surface area contributed by atoms with Gasteiger partial charge < -0.3 is 20.1 Å². The van der Waals surface area contributed by atoms with Gasteiger partial charge in [0.1, 0.15) is 0 Å². The molecule has 2 rings (SSSR count). The number of hydrogen-bond acceptors (Lipinski definition) is 4. The minimum absolute atomic E-state index is 0.139. The third kappa shape index (κ3) is 4.37. The van der Waals surface area contributed by atoms with E-state index in [1.807, 2.05) is 36.1 Å². The van der Waals surface area contributed by atoms with Crippen LogP contribution in [-0.4, -0.2) is 43.7 Å². The summed E-state index contributed by atoms with van der Waals surface area (Å²) in [4.78, 5) is 14.2. The van der Waals surface area contributed by atoms with Gasteiger partial charge >= 0.3 is 0 Å². The Morgan fingerprint density at radius 3 is 2.82 bits per heavy atom. The number of piperidine rings is 1. The van der Waals surface area contributed by atoms with Crippen LogP contribution in [0, 0.1) is 5.92 Å². The largest absolute Gasteiger partial charge is 0.493 e. The van der Waals surface area contributed by atoms with E-state index in [2.05, 4.69) is 0 Å². The van der Waals surface area contributed by atoms with E-state index >= 15 is 0 Å². The summed E-state index contributed by atoms with van der Waals surface area (Å²) >= 11 is 0. The molecule has 5 nitrogen and oxygen atoms in total. The summed E-state index contributed by atoms with van der Waals surface area (Å²) in [5.41, 5.74) is 5.96. The second-order valence-electron chi connectivity index (χ2n) is 5.85. The minimum atomic E-state index is 0.139. The number of amides is 1. The lowest BCUT2D eigenvalue weighted by Gasteiger charge is -2.34. The van der Waals surface area contributed by atoms with Gasteiger partial charge in [-0.3, -0.25) is 4.79 Å². The van der Waals surface area contributed by atoms with Crippen molar-refractivity contribution in [1.82, 2.24) is 4.90 Å². The Labute approximate surface area is 132 Å². The first-order chi connectivity index (χ1) is 10.6. The average Bonchev–Trinajstić information content (AvgIpc) is 2.55. The second-order valence-corrected chi connectivity index (χ2v) is 5.85. The average molecular weight is 306 g/mol. The van der Waals surface area contributed by atoms with Crippen molar-refractivity contribution in [1.29, 1.82) is 0 Å². The minimum Gasteiger partial charge on any atom is -0.493 e. The summed E-state index contributed by atoms with van der Waals surface area (Å²) in [5.74, 6) is 1.91. The molecule has 1 aromatic carbocycles. The van der Waals surface area contributed by atoms with E-state index < -0.39 is 0 Å². The summed E-state index contributed by atoms with van der Waals surface area (Å²) < 4.78 is 10.9. The topological polar surface area (TPSA) is 64.8 Å². The highest BCUT2D eigenvalue weighted by molar-refractivity contribution is 5.76. The van der Waals surface area contributed by atoms with Crippen LogP contribution in [0.25, 0.3) is 0 Å². The molecular formula is C17H26N2O3. The number of nitrogens with two attached hydrogens (primary N) is 1. The molecule has 2 atom stereocenters. The first kappa shape index (κ1) is 16.6. The third-order valence-electron chi connectivity index (χ3n) is 4.20. The van der Waals surface area contributed by atoms with Crippen molar-refractivity contribution in [3.63, 3.8) is 0 Å². The molecule has 5 heteroatoms. The van der Waals surface area contributed by atoms with Crippen molar-refractivity contribution in [2.75, 3.05) is 26.8 Å². The normalized spacial score (nSPS) is 19.6. The Morgan fingerprint density at radius 1 is 1.41 bits per heavy atom. The molecule has 1 aliphatic rings. The van der Waals surface area contributed by atoms with Gasteiger partial charge in [-0.2, -0.15) is 0 Å². The van der Waals surface area contributed by atoms with E-state index in [0.29, 0.717) is 30.4 Å². The van der Waals surface area contributed by atoms with E-state index in [1.54, 1.807) is 7.11 Å². The predicted octanol–water partition coefficient (Wildman–Crippen LogP) is 2.05. The first-order valence-electron chi connectivity index (χ1n) is 7.91. The Balaban J connectivity index is 1.80. The number of ether oxygens (including phenoxy) is 2. The van der Waals surface area contributed by atoms with Crippen LogP contribution in [0.15, 0.2) is 24.3 Å². The van der Waals surface area contributed by atoms with Gasteiger partial charge in [-0.1, -0.05) is 12.1 Å². The molecule has 0 bridgehead atoms. The SMILES string of the molecule is COc1ccccc1OCCC(=O)N1CCC[C@H]([C@H](C)N)C1. The fourth-order valence-electron chi connectivity index (χ4n) is 2.81. The summed E-state index contributed by atoms with van der Waals surface area (Å²) in [7, 11) is 1.61. The first-order valence-corrected chi connectivity index (χ1v) is 7.91. The maximum absolute atomic E-state index is 12.3. The number of hydrogen-bond donors (Lipinski definition) is 1. The smallest absolute Gasteiger partial charge is 0.226 e. The number of para-hydroxylation sites is 2. The number of rotatable bonds is 6. The maximum atomic E-state index is 12.3. The molecular weight excluding hydrogens is 280 g/mol. The molecule has 1 fully saturated rings. The van der Waals surface area contributed by atoms with Gasteiger partial charge in [-0.15, -0.1) is 0 Å². The van der Waals surface area contributed by atoms with Gasteiger partial charge in [0.15, 0.2) is 11.5 Å². The number of nitrogens with zero attached hydrogens (tertiary/aromatic N) is 1. The summed E-state index contributed by atoms with van der Waals surface area (Å²) in [6.45, 7) is 3.98. The molecule has 1 aromatic rings. The van der Waals surface area contributed by atoms with Crippen LogP contribution in [0.5, 0.6) is 11.5 Å². The zero-order valence-electron chi connectivity index (χ0n) is 13.5. The quantitative estimate of drug-likeness (QED) is 0.873. The van der Waals surface area contributed by atoms with Crippen LogP contribution in [-0.2, 0) is 4.79 Å². The van der Waals surface area contributed by atoms with Crippen LogP contribution in [0.2, 0.25) is 0 Å². The molecule has 1 heterocycles. The lowest BCUT2D eigenvalue weighted by molar-refractivity contribution is -0.133. The highest BCUT2D eigenvalue weighted by Crippen LogP contribution is 2.26.